The highest BCUT2D eigenvalue weighted by Crippen LogP contribution is 2.21. The van der Waals surface area contributed by atoms with Gasteiger partial charge in [0.2, 0.25) is 21.8 Å². The van der Waals surface area contributed by atoms with Gasteiger partial charge in [-0.3, -0.25) is 13.9 Å². The van der Waals surface area contributed by atoms with E-state index in [-0.39, 0.29) is 30.1 Å². The Morgan fingerprint density at radius 3 is 2.21 bits per heavy atom. The molecule has 0 aliphatic heterocycles. The minimum atomic E-state index is -4.03. The van der Waals surface area contributed by atoms with Crippen LogP contribution in [-0.2, 0) is 32.6 Å². The fraction of sp³-hybridized carbons (Fsp3) is 0.310. The van der Waals surface area contributed by atoms with Crippen LogP contribution in [0.25, 0.3) is 0 Å². The Labute approximate surface area is 228 Å². The molecule has 0 bridgehead atoms. The highest BCUT2D eigenvalue weighted by molar-refractivity contribution is 7.92. The van der Waals surface area contributed by atoms with Crippen molar-refractivity contribution >= 4 is 27.5 Å². The average molecular weight is 558 g/mol. The SMILES string of the molecule is CC(C)CNC(=O)C(Cc1ccccc1)N(Cc1ccccc1F)C(=O)CN(c1cccc(F)c1)S(C)(=O)=O. The summed E-state index contributed by atoms with van der Waals surface area (Å²) in [7, 11) is -4.03. The molecule has 3 rings (SSSR count). The van der Waals surface area contributed by atoms with Crippen molar-refractivity contribution in [3.05, 3.63) is 102 Å². The lowest BCUT2D eigenvalue weighted by molar-refractivity contribution is -0.140. The van der Waals surface area contributed by atoms with Gasteiger partial charge in [0, 0.05) is 25.1 Å². The molecule has 0 radical (unpaired) electrons. The lowest BCUT2D eigenvalue weighted by atomic mass is 10.0. The maximum atomic E-state index is 14.7. The van der Waals surface area contributed by atoms with Gasteiger partial charge in [-0.05, 0) is 35.7 Å². The van der Waals surface area contributed by atoms with E-state index >= 15 is 0 Å². The summed E-state index contributed by atoms with van der Waals surface area (Å²) in [6.07, 6.45) is 1.02. The van der Waals surface area contributed by atoms with Crippen LogP contribution < -0.4 is 9.62 Å². The summed E-state index contributed by atoms with van der Waals surface area (Å²) in [6.45, 7) is 3.22. The molecule has 2 amide bonds. The number of anilines is 1. The van der Waals surface area contributed by atoms with Gasteiger partial charge >= 0.3 is 0 Å². The quantitative estimate of drug-likeness (QED) is 0.363. The van der Waals surface area contributed by atoms with Gasteiger partial charge in [0.15, 0.2) is 0 Å². The first-order valence-corrected chi connectivity index (χ1v) is 14.4. The van der Waals surface area contributed by atoms with Crippen LogP contribution in [0.1, 0.15) is 25.0 Å². The molecule has 1 unspecified atom stereocenters. The van der Waals surface area contributed by atoms with Crippen LogP contribution in [0.2, 0.25) is 0 Å². The molecule has 3 aromatic rings. The van der Waals surface area contributed by atoms with E-state index in [9.17, 15) is 26.8 Å². The summed E-state index contributed by atoms with van der Waals surface area (Å²) in [5.41, 5.74) is 0.886. The highest BCUT2D eigenvalue weighted by Gasteiger charge is 2.33. The molecule has 7 nitrogen and oxygen atoms in total. The van der Waals surface area contributed by atoms with E-state index in [1.165, 1.54) is 35.2 Å². The van der Waals surface area contributed by atoms with Crippen LogP contribution in [0.5, 0.6) is 0 Å². The number of benzene rings is 3. The molecule has 1 N–H and O–H groups in total. The van der Waals surface area contributed by atoms with Crippen LogP contribution >= 0.6 is 0 Å². The number of hydrogen-bond donors (Lipinski definition) is 1. The molecule has 39 heavy (non-hydrogen) atoms. The molecular formula is C29H33F2N3O4S. The molecule has 208 valence electrons. The third kappa shape index (κ3) is 8.61. The molecule has 0 fully saturated rings. The van der Waals surface area contributed by atoms with E-state index in [1.807, 2.05) is 32.0 Å². The fourth-order valence-corrected chi connectivity index (χ4v) is 4.87. The zero-order valence-corrected chi connectivity index (χ0v) is 23.0. The van der Waals surface area contributed by atoms with Gasteiger partial charge in [-0.25, -0.2) is 17.2 Å². The Balaban J connectivity index is 2.06. The maximum Gasteiger partial charge on any atom is 0.244 e. The van der Waals surface area contributed by atoms with E-state index in [0.717, 1.165) is 28.3 Å². The Morgan fingerprint density at radius 1 is 0.923 bits per heavy atom. The molecule has 0 aromatic heterocycles. The van der Waals surface area contributed by atoms with Gasteiger partial charge in [0.25, 0.3) is 0 Å². The summed E-state index contributed by atoms with van der Waals surface area (Å²) in [5, 5.41) is 2.85. The highest BCUT2D eigenvalue weighted by atomic mass is 32.2. The summed E-state index contributed by atoms with van der Waals surface area (Å²) in [5.74, 6) is -2.30. The lowest BCUT2D eigenvalue weighted by Gasteiger charge is -2.33. The summed E-state index contributed by atoms with van der Waals surface area (Å²) in [4.78, 5) is 28.6. The van der Waals surface area contributed by atoms with E-state index in [2.05, 4.69) is 5.32 Å². The van der Waals surface area contributed by atoms with Crippen molar-refractivity contribution in [2.45, 2.75) is 32.9 Å². The van der Waals surface area contributed by atoms with Crippen molar-refractivity contribution in [2.75, 3.05) is 23.7 Å². The Hall–Kier alpha value is -3.79. The molecule has 0 saturated heterocycles. The Morgan fingerprint density at radius 2 is 1.59 bits per heavy atom. The van der Waals surface area contributed by atoms with Crippen LogP contribution in [-0.4, -0.2) is 50.5 Å². The number of rotatable bonds is 12. The second-order valence-corrected chi connectivity index (χ2v) is 11.6. The molecule has 0 aliphatic rings. The third-order valence-corrected chi connectivity index (χ3v) is 7.17. The van der Waals surface area contributed by atoms with E-state index < -0.39 is 46.1 Å². The minimum Gasteiger partial charge on any atom is -0.354 e. The van der Waals surface area contributed by atoms with Gasteiger partial charge in [-0.15, -0.1) is 0 Å². The number of amides is 2. The van der Waals surface area contributed by atoms with Crippen molar-refractivity contribution in [1.82, 2.24) is 10.2 Å². The number of nitrogens with zero attached hydrogens (tertiary/aromatic N) is 2. The summed E-state index contributed by atoms with van der Waals surface area (Å²) in [6, 6.07) is 18.7. The minimum absolute atomic E-state index is 0.0411. The number of carbonyl (C=O) groups excluding carboxylic acids is 2. The molecule has 0 saturated carbocycles. The van der Waals surface area contributed by atoms with Crippen LogP contribution in [0, 0.1) is 17.6 Å². The number of sulfonamides is 1. The number of hydrogen-bond acceptors (Lipinski definition) is 4. The standard InChI is InChI=1S/C29H33F2N3O4S/c1-21(2)18-32-29(36)27(16-22-10-5-4-6-11-22)33(19-23-12-7-8-15-26(23)31)28(35)20-34(39(3,37)38)25-14-9-13-24(30)17-25/h4-15,17,21,27H,16,18-20H2,1-3H3,(H,32,36). The maximum absolute atomic E-state index is 14.7. The van der Waals surface area contributed by atoms with E-state index in [0.29, 0.717) is 6.54 Å². The zero-order valence-electron chi connectivity index (χ0n) is 22.2. The van der Waals surface area contributed by atoms with Crippen molar-refractivity contribution in [1.29, 1.82) is 0 Å². The zero-order chi connectivity index (χ0) is 28.6. The van der Waals surface area contributed by atoms with E-state index in [1.54, 1.807) is 18.2 Å². The van der Waals surface area contributed by atoms with Crippen LogP contribution in [0.3, 0.4) is 0 Å². The number of nitrogens with one attached hydrogen (secondary N) is 1. The van der Waals surface area contributed by atoms with Gasteiger partial charge < -0.3 is 10.2 Å². The molecule has 0 spiro atoms. The van der Waals surface area contributed by atoms with Crippen LogP contribution in [0.15, 0.2) is 78.9 Å². The van der Waals surface area contributed by atoms with Gasteiger partial charge in [0.05, 0.1) is 11.9 Å². The van der Waals surface area contributed by atoms with Crippen molar-refractivity contribution in [3.8, 4) is 0 Å². The molecule has 0 heterocycles. The Bertz CT molecular complexity index is 1380. The summed E-state index contributed by atoms with van der Waals surface area (Å²) >= 11 is 0. The second-order valence-electron chi connectivity index (χ2n) is 9.71. The normalized spacial score (nSPS) is 12.2. The molecular weight excluding hydrogens is 524 g/mol. The lowest BCUT2D eigenvalue weighted by Crippen LogP contribution is -2.53. The van der Waals surface area contributed by atoms with Crippen molar-refractivity contribution in [3.63, 3.8) is 0 Å². The van der Waals surface area contributed by atoms with Crippen molar-refractivity contribution < 1.29 is 26.8 Å². The number of halogens is 2. The Kier molecular flexibility index (Phi) is 10.2. The average Bonchev–Trinajstić information content (AvgIpc) is 2.88. The third-order valence-electron chi connectivity index (χ3n) is 6.03. The summed E-state index contributed by atoms with van der Waals surface area (Å²) < 4.78 is 54.8. The van der Waals surface area contributed by atoms with Gasteiger partial charge in [-0.1, -0.05) is 68.4 Å². The second kappa shape index (κ2) is 13.3. The predicted molar refractivity (Wildman–Crippen MR) is 147 cm³/mol. The molecule has 1 atom stereocenters. The molecule has 10 heteroatoms. The van der Waals surface area contributed by atoms with Gasteiger partial charge in [0.1, 0.15) is 24.2 Å². The number of carbonyl (C=O) groups is 2. The van der Waals surface area contributed by atoms with E-state index in [4.69, 9.17) is 0 Å². The fourth-order valence-electron chi connectivity index (χ4n) is 4.03. The first kappa shape index (κ1) is 29.8. The van der Waals surface area contributed by atoms with Gasteiger partial charge in [-0.2, -0.15) is 0 Å². The monoisotopic (exact) mass is 557 g/mol. The topological polar surface area (TPSA) is 86.8 Å². The first-order valence-electron chi connectivity index (χ1n) is 12.5. The largest absolute Gasteiger partial charge is 0.354 e. The van der Waals surface area contributed by atoms with Crippen molar-refractivity contribution in [2.24, 2.45) is 5.92 Å². The first-order chi connectivity index (χ1) is 18.5. The smallest absolute Gasteiger partial charge is 0.244 e. The van der Waals surface area contributed by atoms with Crippen LogP contribution in [0.4, 0.5) is 14.5 Å². The molecule has 3 aromatic carbocycles. The predicted octanol–water partition coefficient (Wildman–Crippen LogP) is 4.14. The molecule has 0 aliphatic carbocycles.